The molecule has 0 atom stereocenters. The van der Waals surface area contributed by atoms with E-state index in [4.69, 9.17) is 18.0 Å². The number of nitrogens with zero attached hydrogens (tertiary/aromatic N) is 3. The van der Waals surface area contributed by atoms with Gasteiger partial charge in [0.2, 0.25) is 0 Å². The number of thiocarbonyl (C=S) groups is 1. The minimum absolute atomic E-state index is 0.294. The second kappa shape index (κ2) is 6.58. The first-order valence-corrected chi connectivity index (χ1v) is 7.03. The Balaban J connectivity index is 2.24. The Kier molecular flexibility index (Phi) is 4.80. The van der Waals surface area contributed by atoms with E-state index in [9.17, 15) is 4.39 Å². The molecule has 0 spiro atoms. The van der Waals surface area contributed by atoms with E-state index in [0.29, 0.717) is 29.5 Å². The van der Waals surface area contributed by atoms with Gasteiger partial charge >= 0.3 is 0 Å². The molecule has 0 fully saturated rings. The first kappa shape index (κ1) is 15.3. The van der Waals surface area contributed by atoms with Crippen LogP contribution in [0.25, 0.3) is 0 Å². The maximum atomic E-state index is 14.2. The molecule has 110 valence electrons. The zero-order valence-corrected chi connectivity index (χ0v) is 12.8. The summed E-state index contributed by atoms with van der Waals surface area (Å²) in [6.45, 7) is 2.37. The molecule has 2 rings (SSSR count). The summed E-state index contributed by atoms with van der Waals surface area (Å²) in [7, 11) is 1.79. The largest absolute Gasteiger partial charge is 0.389 e. The maximum absolute atomic E-state index is 14.2. The molecular weight excluding hydrogens is 287 g/mol. The number of aryl methyl sites for hydroxylation is 1. The normalized spacial score (nSPS) is 10.4. The maximum Gasteiger partial charge on any atom is 0.187 e. The lowest BCUT2D eigenvalue weighted by atomic mass is 10.1. The second-order valence-corrected chi connectivity index (χ2v) is 5.17. The first-order chi connectivity index (χ1) is 10.0. The van der Waals surface area contributed by atoms with Crippen LogP contribution >= 0.6 is 12.2 Å². The van der Waals surface area contributed by atoms with Gasteiger partial charge in [-0.1, -0.05) is 37.3 Å². The number of benzene rings is 1. The van der Waals surface area contributed by atoms with Crippen LogP contribution in [0.1, 0.15) is 23.7 Å². The molecule has 6 heteroatoms. The van der Waals surface area contributed by atoms with Crippen LogP contribution in [-0.4, -0.2) is 22.0 Å². The lowest BCUT2D eigenvalue weighted by molar-refractivity contribution is 0.588. The molecule has 2 aromatic rings. The highest BCUT2D eigenvalue weighted by molar-refractivity contribution is 7.80. The van der Waals surface area contributed by atoms with E-state index in [1.165, 1.54) is 6.33 Å². The highest BCUT2D eigenvalue weighted by atomic mass is 32.1. The fourth-order valence-corrected chi connectivity index (χ4v) is 2.21. The van der Waals surface area contributed by atoms with Crippen LogP contribution in [-0.2, 0) is 13.0 Å². The van der Waals surface area contributed by atoms with E-state index >= 15 is 0 Å². The van der Waals surface area contributed by atoms with Crippen molar-refractivity contribution in [1.82, 2.24) is 9.97 Å². The average Bonchev–Trinajstić information content (AvgIpc) is 2.47. The van der Waals surface area contributed by atoms with Crippen molar-refractivity contribution in [3.8, 4) is 0 Å². The third kappa shape index (κ3) is 3.52. The summed E-state index contributed by atoms with van der Waals surface area (Å²) >= 11 is 4.97. The van der Waals surface area contributed by atoms with Crippen LogP contribution in [0.2, 0.25) is 0 Å². The molecular formula is C15H17FN4S. The van der Waals surface area contributed by atoms with Crippen LogP contribution in [0.5, 0.6) is 0 Å². The fourth-order valence-electron chi connectivity index (χ4n) is 2.08. The van der Waals surface area contributed by atoms with Crippen molar-refractivity contribution in [2.24, 2.45) is 5.73 Å². The van der Waals surface area contributed by atoms with Crippen molar-refractivity contribution < 1.29 is 4.39 Å². The van der Waals surface area contributed by atoms with Gasteiger partial charge < -0.3 is 10.6 Å². The van der Waals surface area contributed by atoms with Gasteiger partial charge in [0.05, 0.1) is 5.69 Å². The summed E-state index contributed by atoms with van der Waals surface area (Å²) in [5.74, 6) is -0.0735. The zero-order chi connectivity index (χ0) is 15.4. The molecule has 2 N–H and O–H groups in total. The summed E-state index contributed by atoms with van der Waals surface area (Å²) in [5, 5.41) is 0. The van der Waals surface area contributed by atoms with E-state index in [-0.39, 0.29) is 5.82 Å². The molecule has 0 aliphatic carbocycles. The lowest BCUT2D eigenvalue weighted by Gasteiger charge is -2.19. The second-order valence-electron chi connectivity index (χ2n) is 4.73. The zero-order valence-electron chi connectivity index (χ0n) is 12.0. The third-order valence-corrected chi connectivity index (χ3v) is 3.41. The number of hydrogen-bond acceptors (Lipinski definition) is 4. The van der Waals surface area contributed by atoms with E-state index in [1.807, 2.05) is 31.2 Å². The minimum Gasteiger partial charge on any atom is -0.389 e. The van der Waals surface area contributed by atoms with Crippen molar-refractivity contribution in [3.05, 3.63) is 53.2 Å². The molecule has 0 amide bonds. The summed E-state index contributed by atoms with van der Waals surface area (Å²) in [4.78, 5) is 10.1. The standard InChI is InChI=1S/C15H17FN4S/c1-3-12-13(16)15(19-9-18-12)20(2)8-10-5-4-6-11(7-10)14(17)21/h4-7,9H,3,8H2,1-2H3,(H2,17,21). The predicted molar refractivity (Wildman–Crippen MR) is 85.8 cm³/mol. The lowest BCUT2D eigenvalue weighted by Crippen LogP contribution is -2.20. The number of nitrogens with two attached hydrogens (primary N) is 1. The minimum atomic E-state index is -0.368. The topological polar surface area (TPSA) is 55.0 Å². The van der Waals surface area contributed by atoms with Gasteiger partial charge in [-0.15, -0.1) is 0 Å². The van der Waals surface area contributed by atoms with Crippen LogP contribution in [0.15, 0.2) is 30.6 Å². The van der Waals surface area contributed by atoms with Crippen molar-refractivity contribution in [2.75, 3.05) is 11.9 Å². The SMILES string of the molecule is CCc1ncnc(N(C)Cc2cccc(C(N)=S)c2)c1F. The quantitative estimate of drug-likeness (QED) is 0.860. The van der Waals surface area contributed by atoms with E-state index in [0.717, 1.165) is 11.1 Å². The van der Waals surface area contributed by atoms with Gasteiger partial charge in [0.25, 0.3) is 0 Å². The monoisotopic (exact) mass is 304 g/mol. The molecule has 4 nitrogen and oxygen atoms in total. The van der Waals surface area contributed by atoms with Crippen molar-refractivity contribution in [2.45, 2.75) is 19.9 Å². The Labute approximate surface area is 128 Å². The van der Waals surface area contributed by atoms with E-state index in [1.54, 1.807) is 11.9 Å². The molecule has 0 aliphatic heterocycles. The average molecular weight is 304 g/mol. The number of aromatic nitrogens is 2. The van der Waals surface area contributed by atoms with E-state index < -0.39 is 0 Å². The highest BCUT2D eigenvalue weighted by Crippen LogP contribution is 2.19. The van der Waals surface area contributed by atoms with Crippen molar-refractivity contribution in [1.29, 1.82) is 0 Å². The van der Waals surface area contributed by atoms with Crippen LogP contribution in [0.4, 0.5) is 10.2 Å². The number of rotatable bonds is 5. The van der Waals surface area contributed by atoms with Crippen molar-refractivity contribution >= 4 is 23.0 Å². The van der Waals surface area contributed by atoms with Crippen molar-refractivity contribution in [3.63, 3.8) is 0 Å². The Morgan fingerprint density at radius 2 is 2.14 bits per heavy atom. The molecule has 0 bridgehead atoms. The number of halogens is 1. The summed E-state index contributed by atoms with van der Waals surface area (Å²) in [6, 6.07) is 7.58. The Hall–Kier alpha value is -2.08. The molecule has 0 unspecified atom stereocenters. The smallest absolute Gasteiger partial charge is 0.187 e. The van der Waals surface area contributed by atoms with Crippen LogP contribution in [0, 0.1) is 5.82 Å². The molecule has 1 aromatic heterocycles. The molecule has 1 aromatic carbocycles. The van der Waals surface area contributed by atoms with Gasteiger partial charge in [-0.2, -0.15) is 0 Å². The Morgan fingerprint density at radius 1 is 1.38 bits per heavy atom. The first-order valence-electron chi connectivity index (χ1n) is 6.62. The van der Waals surface area contributed by atoms with Gasteiger partial charge in [0, 0.05) is 19.2 Å². The summed E-state index contributed by atoms with van der Waals surface area (Å²) in [6.07, 6.45) is 1.92. The molecule has 1 heterocycles. The fraction of sp³-hybridized carbons (Fsp3) is 0.267. The molecule has 0 radical (unpaired) electrons. The van der Waals surface area contributed by atoms with Gasteiger partial charge in [-0.3, -0.25) is 0 Å². The highest BCUT2D eigenvalue weighted by Gasteiger charge is 2.14. The van der Waals surface area contributed by atoms with Crippen LogP contribution in [0.3, 0.4) is 0 Å². The Bertz CT molecular complexity index is 660. The molecule has 21 heavy (non-hydrogen) atoms. The Morgan fingerprint density at radius 3 is 2.81 bits per heavy atom. The summed E-state index contributed by atoms with van der Waals surface area (Å²) in [5.41, 5.74) is 7.83. The van der Waals surface area contributed by atoms with Gasteiger partial charge in [0.15, 0.2) is 11.6 Å². The third-order valence-electron chi connectivity index (χ3n) is 3.17. The molecule has 0 aliphatic rings. The molecule has 0 saturated carbocycles. The van der Waals surface area contributed by atoms with Gasteiger partial charge in [0.1, 0.15) is 11.3 Å². The van der Waals surface area contributed by atoms with E-state index in [2.05, 4.69) is 9.97 Å². The predicted octanol–water partition coefficient (Wildman–Crippen LogP) is 2.45. The number of anilines is 1. The van der Waals surface area contributed by atoms with Gasteiger partial charge in [-0.25, -0.2) is 14.4 Å². The van der Waals surface area contributed by atoms with Crippen LogP contribution < -0.4 is 10.6 Å². The number of hydrogen-bond donors (Lipinski definition) is 1. The van der Waals surface area contributed by atoms with Gasteiger partial charge in [-0.05, 0) is 18.1 Å². The molecule has 0 saturated heterocycles. The summed E-state index contributed by atoms with van der Waals surface area (Å²) < 4.78 is 14.2.